The Morgan fingerprint density at radius 1 is 1.13 bits per heavy atom. The lowest BCUT2D eigenvalue weighted by Gasteiger charge is -2.29. The van der Waals surface area contributed by atoms with Crippen molar-refractivity contribution in [3.8, 4) is 11.5 Å². The van der Waals surface area contributed by atoms with Gasteiger partial charge >= 0.3 is 5.97 Å². The number of methoxy groups -OCH3 is 2. The average molecular weight is 425 g/mol. The normalized spacial score (nSPS) is 12.9. The number of carbonyl (C=O) groups is 2. The van der Waals surface area contributed by atoms with Gasteiger partial charge in [0.1, 0.15) is 5.76 Å². The quantitative estimate of drug-likeness (QED) is 0.536. The molecule has 0 bridgehead atoms. The van der Waals surface area contributed by atoms with Crippen LogP contribution >= 0.6 is 0 Å². The maximum absolute atomic E-state index is 12.6. The van der Waals surface area contributed by atoms with Crippen molar-refractivity contribution in [2.24, 2.45) is 0 Å². The van der Waals surface area contributed by atoms with Gasteiger partial charge in [-0.05, 0) is 47.9 Å². The number of esters is 1. The molecule has 0 saturated carbocycles. The molecule has 0 unspecified atom stereocenters. The first kappa shape index (κ1) is 20.5. The molecule has 0 fully saturated rings. The molecule has 0 atom stereocenters. The lowest BCUT2D eigenvalue weighted by molar-refractivity contribution is -0.135. The molecule has 1 aromatic carbocycles. The maximum atomic E-state index is 12.6. The van der Waals surface area contributed by atoms with Gasteiger partial charge in [0.2, 0.25) is 5.76 Å². The molecule has 0 aliphatic carbocycles. The monoisotopic (exact) mass is 425 g/mol. The lowest BCUT2D eigenvalue weighted by Crippen LogP contribution is -2.38. The summed E-state index contributed by atoms with van der Waals surface area (Å²) in [6, 6.07) is 8.83. The fourth-order valence-electron chi connectivity index (χ4n) is 3.51. The van der Waals surface area contributed by atoms with Gasteiger partial charge in [-0.2, -0.15) is 5.10 Å². The van der Waals surface area contributed by atoms with Gasteiger partial charge in [0.15, 0.2) is 18.1 Å². The second-order valence-electron chi connectivity index (χ2n) is 7.09. The van der Waals surface area contributed by atoms with Crippen LogP contribution in [0.3, 0.4) is 0 Å². The van der Waals surface area contributed by atoms with Crippen LogP contribution in [0, 0.1) is 0 Å². The van der Waals surface area contributed by atoms with Crippen molar-refractivity contribution in [2.75, 3.05) is 27.4 Å². The number of carbonyl (C=O) groups excluding carboxylic acids is 2. The zero-order valence-corrected chi connectivity index (χ0v) is 17.4. The van der Waals surface area contributed by atoms with E-state index in [2.05, 4.69) is 5.10 Å². The van der Waals surface area contributed by atoms with Crippen LogP contribution in [0.25, 0.3) is 0 Å². The van der Waals surface area contributed by atoms with E-state index >= 15 is 0 Å². The Kier molecular flexibility index (Phi) is 5.92. The third-order valence-corrected chi connectivity index (χ3v) is 5.14. The van der Waals surface area contributed by atoms with Crippen molar-refractivity contribution in [2.45, 2.75) is 19.5 Å². The molecule has 9 heteroatoms. The predicted molar refractivity (Wildman–Crippen MR) is 109 cm³/mol. The smallest absolute Gasteiger partial charge is 0.374 e. The van der Waals surface area contributed by atoms with Gasteiger partial charge in [0.25, 0.3) is 5.91 Å². The van der Waals surface area contributed by atoms with Crippen molar-refractivity contribution in [1.29, 1.82) is 0 Å². The highest BCUT2D eigenvalue weighted by atomic mass is 16.5. The van der Waals surface area contributed by atoms with Crippen molar-refractivity contribution < 1.29 is 28.2 Å². The average Bonchev–Trinajstić information content (AvgIpc) is 3.48. The zero-order chi connectivity index (χ0) is 21.8. The van der Waals surface area contributed by atoms with Crippen LogP contribution in [-0.4, -0.2) is 53.9 Å². The van der Waals surface area contributed by atoms with Gasteiger partial charge in [-0.1, -0.05) is 0 Å². The summed E-state index contributed by atoms with van der Waals surface area (Å²) in [5, 5.41) is 4.09. The molecule has 1 aliphatic rings. The number of nitrogens with zero attached hydrogens (tertiary/aromatic N) is 3. The number of rotatable bonds is 7. The molecule has 9 nitrogen and oxygen atoms in total. The van der Waals surface area contributed by atoms with E-state index in [1.54, 1.807) is 48.3 Å². The highest BCUT2D eigenvalue weighted by molar-refractivity contribution is 5.89. The van der Waals surface area contributed by atoms with E-state index in [0.717, 1.165) is 11.1 Å². The van der Waals surface area contributed by atoms with Gasteiger partial charge in [-0.15, -0.1) is 0 Å². The van der Waals surface area contributed by atoms with Gasteiger partial charge < -0.3 is 23.5 Å². The van der Waals surface area contributed by atoms with E-state index in [4.69, 9.17) is 18.6 Å². The number of furan rings is 1. The summed E-state index contributed by atoms with van der Waals surface area (Å²) in [4.78, 5) is 26.5. The minimum Gasteiger partial charge on any atom is -0.493 e. The van der Waals surface area contributed by atoms with Gasteiger partial charge in [-0.25, -0.2) is 4.79 Å². The van der Waals surface area contributed by atoms with Crippen LogP contribution in [0.15, 0.2) is 47.1 Å². The maximum Gasteiger partial charge on any atom is 0.374 e. The summed E-state index contributed by atoms with van der Waals surface area (Å²) in [7, 11) is 3.17. The minimum atomic E-state index is -0.677. The molecule has 0 radical (unpaired) electrons. The Bertz CT molecular complexity index is 1070. The molecular weight excluding hydrogens is 402 g/mol. The SMILES string of the molecule is COc1cc2c(cc1OC)CN(C(=O)COC(=O)c1ccc(Cn3cccn3)o1)CC2. The second kappa shape index (κ2) is 8.95. The molecule has 162 valence electrons. The summed E-state index contributed by atoms with van der Waals surface area (Å²) in [5.41, 5.74) is 2.09. The summed E-state index contributed by atoms with van der Waals surface area (Å²) >= 11 is 0. The van der Waals surface area contributed by atoms with E-state index in [0.29, 0.717) is 43.3 Å². The van der Waals surface area contributed by atoms with Crippen molar-refractivity contribution >= 4 is 11.9 Å². The topological polar surface area (TPSA) is 96.0 Å². The van der Waals surface area contributed by atoms with Crippen LogP contribution in [0.1, 0.15) is 27.4 Å². The fraction of sp³-hybridized carbons (Fsp3) is 0.318. The van der Waals surface area contributed by atoms with E-state index in [-0.39, 0.29) is 18.3 Å². The van der Waals surface area contributed by atoms with E-state index in [1.807, 2.05) is 12.1 Å². The molecule has 3 aromatic rings. The summed E-state index contributed by atoms with van der Waals surface area (Å²) in [6.07, 6.45) is 4.14. The molecule has 31 heavy (non-hydrogen) atoms. The molecule has 1 aliphatic heterocycles. The number of hydrogen-bond donors (Lipinski definition) is 0. The highest BCUT2D eigenvalue weighted by Gasteiger charge is 2.24. The number of benzene rings is 1. The summed E-state index contributed by atoms with van der Waals surface area (Å²) in [5.74, 6) is 0.960. The van der Waals surface area contributed by atoms with Crippen molar-refractivity contribution in [3.05, 3.63) is 65.4 Å². The molecule has 0 saturated heterocycles. The summed E-state index contributed by atoms with van der Waals surface area (Å²) < 4.78 is 23.0. The molecule has 3 heterocycles. The Hall–Kier alpha value is -3.75. The first-order chi connectivity index (χ1) is 15.1. The molecule has 0 spiro atoms. The number of aromatic nitrogens is 2. The van der Waals surface area contributed by atoms with Crippen molar-refractivity contribution in [1.82, 2.24) is 14.7 Å². The van der Waals surface area contributed by atoms with Gasteiger partial charge in [0.05, 0.1) is 20.8 Å². The van der Waals surface area contributed by atoms with Crippen LogP contribution in [0.4, 0.5) is 0 Å². The van der Waals surface area contributed by atoms with E-state index < -0.39 is 5.97 Å². The van der Waals surface area contributed by atoms with Gasteiger partial charge in [0, 0.05) is 25.5 Å². The Morgan fingerprint density at radius 2 is 1.90 bits per heavy atom. The van der Waals surface area contributed by atoms with Crippen molar-refractivity contribution in [3.63, 3.8) is 0 Å². The summed E-state index contributed by atoms with van der Waals surface area (Å²) in [6.45, 7) is 1.01. The van der Waals surface area contributed by atoms with E-state index in [9.17, 15) is 9.59 Å². The van der Waals surface area contributed by atoms with Gasteiger partial charge in [-0.3, -0.25) is 9.48 Å². The van der Waals surface area contributed by atoms with Crippen LogP contribution in [-0.2, 0) is 29.0 Å². The number of amides is 1. The molecule has 0 N–H and O–H groups in total. The number of ether oxygens (including phenoxy) is 3. The first-order valence-electron chi connectivity index (χ1n) is 9.82. The molecule has 4 rings (SSSR count). The number of hydrogen-bond acceptors (Lipinski definition) is 7. The lowest BCUT2D eigenvalue weighted by atomic mass is 9.99. The molecule has 2 aromatic heterocycles. The first-order valence-corrected chi connectivity index (χ1v) is 9.82. The molecule has 1 amide bonds. The Balaban J connectivity index is 1.33. The van der Waals surface area contributed by atoms with E-state index in [1.165, 1.54) is 6.07 Å². The predicted octanol–water partition coefficient (Wildman–Crippen LogP) is 2.28. The third kappa shape index (κ3) is 4.55. The molecular formula is C22H23N3O6. The second-order valence-corrected chi connectivity index (χ2v) is 7.09. The van der Waals surface area contributed by atoms with Crippen LogP contribution in [0.2, 0.25) is 0 Å². The minimum absolute atomic E-state index is 0.0516. The van der Waals surface area contributed by atoms with Crippen LogP contribution < -0.4 is 9.47 Å². The largest absolute Gasteiger partial charge is 0.493 e. The zero-order valence-electron chi connectivity index (χ0n) is 17.4. The third-order valence-electron chi connectivity index (χ3n) is 5.14. The Morgan fingerprint density at radius 3 is 2.61 bits per heavy atom. The van der Waals surface area contributed by atoms with Crippen LogP contribution in [0.5, 0.6) is 11.5 Å². The number of fused-ring (bicyclic) bond motifs is 1. The Labute approximate surface area is 179 Å². The standard InChI is InChI=1S/C22H23N3O6/c1-28-19-10-15-6-9-24(12-16(15)11-20(19)29-2)21(26)14-30-22(27)18-5-4-17(31-18)13-25-8-3-7-23-25/h3-5,7-8,10-11H,6,9,12-14H2,1-2H3. The highest BCUT2D eigenvalue weighted by Crippen LogP contribution is 2.33. The fourth-order valence-corrected chi connectivity index (χ4v) is 3.51.